The molecule has 0 aliphatic heterocycles. The number of hydrogen-bond acceptors (Lipinski definition) is 3. The average Bonchev–Trinajstić information content (AvgIpc) is 2.36. The minimum absolute atomic E-state index is 0.439. The molecule has 0 atom stereocenters. The largest absolute Gasteiger partial charge is 0.492 e. The highest BCUT2D eigenvalue weighted by atomic mass is 16.5. The summed E-state index contributed by atoms with van der Waals surface area (Å²) in [5.74, 6) is 1.32. The molecule has 1 aromatic carbocycles. The summed E-state index contributed by atoms with van der Waals surface area (Å²) >= 11 is 0. The molecule has 0 fully saturated rings. The number of guanidine groups is 1. The molecular formula is C13H22N4O. The Balaban J connectivity index is 2.46. The van der Waals surface area contributed by atoms with Crippen LogP contribution in [-0.4, -0.2) is 45.2 Å². The lowest BCUT2D eigenvalue weighted by molar-refractivity contribution is 0.261. The second kappa shape index (κ2) is 7.55. The Morgan fingerprint density at radius 3 is 2.89 bits per heavy atom. The van der Waals surface area contributed by atoms with Crippen LogP contribution in [0.1, 0.15) is 5.56 Å². The van der Waals surface area contributed by atoms with Crippen molar-refractivity contribution >= 4 is 5.96 Å². The molecule has 0 unspecified atom stereocenters. The van der Waals surface area contributed by atoms with E-state index in [0.29, 0.717) is 19.1 Å². The molecule has 3 N–H and O–H groups in total. The van der Waals surface area contributed by atoms with E-state index in [-0.39, 0.29) is 0 Å². The van der Waals surface area contributed by atoms with Crippen LogP contribution in [0.4, 0.5) is 0 Å². The maximum Gasteiger partial charge on any atom is 0.188 e. The summed E-state index contributed by atoms with van der Waals surface area (Å²) in [6.07, 6.45) is 0. The number of rotatable bonds is 6. The number of likely N-dealkylation sites (N-methyl/N-ethyl adjacent to an activating group) is 1. The lowest BCUT2D eigenvalue weighted by atomic mass is 10.2. The molecule has 0 aliphatic rings. The zero-order chi connectivity index (χ0) is 13.4. The second-order valence-electron chi connectivity index (χ2n) is 4.26. The molecule has 1 aromatic rings. The van der Waals surface area contributed by atoms with E-state index < -0.39 is 0 Å². The molecular weight excluding hydrogens is 228 g/mol. The number of benzene rings is 1. The van der Waals surface area contributed by atoms with Crippen molar-refractivity contribution in [2.45, 2.75) is 6.54 Å². The van der Waals surface area contributed by atoms with Gasteiger partial charge < -0.3 is 20.7 Å². The smallest absolute Gasteiger partial charge is 0.188 e. The molecule has 0 heterocycles. The molecule has 5 heteroatoms. The van der Waals surface area contributed by atoms with Crippen LogP contribution in [0.25, 0.3) is 0 Å². The van der Waals surface area contributed by atoms with Crippen molar-refractivity contribution in [3.05, 3.63) is 29.8 Å². The van der Waals surface area contributed by atoms with E-state index in [1.807, 2.05) is 38.4 Å². The Morgan fingerprint density at radius 2 is 2.22 bits per heavy atom. The first kappa shape index (κ1) is 14.3. The molecule has 0 saturated carbocycles. The number of nitrogens with zero attached hydrogens (tertiary/aromatic N) is 2. The van der Waals surface area contributed by atoms with Gasteiger partial charge in [0, 0.05) is 20.1 Å². The first-order valence-electron chi connectivity index (χ1n) is 5.94. The number of ether oxygens (including phenoxy) is 1. The minimum Gasteiger partial charge on any atom is -0.492 e. The van der Waals surface area contributed by atoms with Crippen LogP contribution in [0.3, 0.4) is 0 Å². The van der Waals surface area contributed by atoms with Crippen LogP contribution >= 0.6 is 0 Å². The predicted octanol–water partition coefficient (Wildman–Crippen LogP) is 0.661. The summed E-state index contributed by atoms with van der Waals surface area (Å²) in [5, 5.41) is 3.01. The first-order chi connectivity index (χ1) is 8.61. The fourth-order valence-corrected chi connectivity index (χ4v) is 1.36. The summed E-state index contributed by atoms with van der Waals surface area (Å²) in [6, 6.07) is 7.96. The van der Waals surface area contributed by atoms with Crippen LogP contribution in [0.15, 0.2) is 29.3 Å². The van der Waals surface area contributed by atoms with Crippen LogP contribution in [0.5, 0.6) is 5.75 Å². The number of nitrogens with two attached hydrogens (primary N) is 1. The fourth-order valence-electron chi connectivity index (χ4n) is 1.36. The lowest BCUT2D eigenvalue weighted by Crippen LogP contribution is -2.30. The molecule has 0 aromatic heterocycles. The molecule has 0 radical (unpaired) electrons. The van der Waals surface area contributed by atoms with Gasteiger partial charge in [0.1, 0.15) is 12.4 Å². The predicted molar refractivity (Wildman–Crippen MR) is 74.9 cm³/mol. The molecule has 0 spiro atoms. The molecule has 18 heavy (non-hydrogen) atoms. The van der Waals surface area contributed by atoms with Gasteiger partial charge >= 0.3 is 0 Å². The SMILES string of the molecule is CN=C(N)NCc1cccc(OCCN(C)C)c1. The maximum atomic E-state index is 5.66. The Bertz CT molecular complexity index is 390. The molecule has 1 rings (SSSR count). The number of hydrogen-bond donors (Lipinski definition) is 2. The molecule has 0 aliphatic carbocycles. The third kappa shape index (κ3) is 5.54. The third-order valence-corrected chi connectivity index (χ3v) is 2.42. The summed E-state index contributed by atoms with van der Waals surface area (Å²) in [5.41, 5.74) is 6.69. The van der Waals surface area contributed by atoms with E-state index in [0.717, 1.165) is 17.9 Å². The zero-order valence-corrected chi connectivity index (χ0v) is 11.3. The van der Waals surface area contributed by atoms with Crippen LogP contribution in [-0.2, 0) is 6.54 Å². The minimum atomic E-state index is 0.439. The van der Waals surface area contributed by atoms with Gasteiger partial charge in [0.05, 0.1) is 0 Å². The topological polar surface area (TPSA) is 62.9 Å². The van der Waals surface area contributed by atoms with Crippen molar-refractivity contribution in [3.63, 3.8) is 0 Å². The van der Waals surface area contributed by atoms with Gasteiger partial charge in [-0.05, 0) is 31.8 Å². The first-order valence-corrected chi connectivity index (χ1v) is 5.94. The molecule has 100 valence electrons. The summed E-state index contributed by atoms with van der Waals surface area (Å²) < 4.78 is 5.66. The monoisotopic (exact) mass is 250 g/mol. The normalized spacial score (nSPS) is 11.7. The van der Waals surface area contributed by atoms with E-state index in [1.54, 1.807) is 7.05 Å². The van der Waals surface area contributed by atoms with Gasteiger partial charge in [-0.25, -0.2) is 0 Å². The number of aliphatic imine (C=N–C) groups is 1. The Morgan fingerprint density at radius 1 is 1.44 bits per heavy atom. The van der Waals surface area contributed by atoms with Crippen molar-refractivity contribution in [1.29, 1.82) is 0 Å². The van der Waals surface area contributed by atoms with E-state index in [4.69, 9.17) is 10.5 Å². The van der Waals surface area contributed by atoms with E-state index in [1.165, 1.54) is 0 Å². The Labute approximate surface area is 109 Å². The van der Waals surface area contributed by atoms with Gasteiger partial charge in [-0.2, -0.15) is 0 Å². The highest BCUT2D eigenvalue weighted by molar-refractivity contribution is 5.77. The van der Waals surface area contributed by atoms with Gasteiger partial charge in [-0.3, -0.25) is 4.99 Å². The zero-order valence-electron chi connectivity index (χ0n) is 11.3. The van der Waals surface area contributed by atoms with Crippen molar-refractivity contribution in [3.8, 4) is 5.75 Å². The Hall–Kier alpha value is -1.75. The van der Waals surface area contributed by atoms with Gasteiger partial charge in [0.15, 0.2) is 5.96 Å². The van der Waals surface area contributed by atoms with Crippen molar-refractivity contribution in [2.75, 3.05) is 34.3 Å². The van der Waals surface area contributed by atoms with Crippen LogP contribution < -0.4 is 15.8 Å². The average molecular weight is 250 g/mol. The highest BCUT2D eigenvalue weighted by Crippen LogP contribution is 2.13. The summed E-state index contributed by atoms with van der Waals surface area (Å²) in [4.78, 5) is 5.93. The molecule has 0 saturated heterocycles. The van der Waals surface area contributed by atoms with Crippen molar-refractivity contribution < 1.29 is 4.74 Å². The van der Waals surface area contributed by atoms with Crippen LogP contribution in [0.2, 0.25) is 0 Å². The summed E-state index contributed by atoms with van der Waals surface area (Å²) in [6.45, 7) is 2.23. The Kier molecular flexibility index (Phi) is 6.00. The van der Waals surface area contributed by atoms with Gasteiger partial charge in [-0.15, -0.1) is 0 Å². The second-order valence-corrected chi connectivity index (χ2v) is 4.26. The highest BCUT2D eigenvalue weighted by Gasteiger charge is 1.98. The molecule has 0 bridgehead atoms. The number of nitrogens with one attached hydrogen (secondary N) is 1. The van der Waals surface area contributed by atoms with Crippen molar-refractivity contribution in [1.82, 2.24) is 10.2 Å². The molecule has 0 amide bonds. The van der Waals surface area contributed by atoms with E-state index >= 15 is 0 Å². The van der Waals surface area contributed by atoms with Crippen molar-refractivity contribution in [2.24, 2.45) is 10.7 Å². The van der Waals surface area contributed by atoms with Gasteiger partial charge in [-0.1, -0.05) is 12.1 Å². The quantitative estimate of drug-likeness (QED) is 0.575. The van der Waals surface area contributed by atoms with Crippen LogP contribution in [0, 0.1) is 0 Å². The van der Waals surface area contributed by atoms with Gasteiger partial charge in [0.2, 0.25) is 0 Å². The lowest BCUT2D eigenvalue weighted by Gasteiger charge is -2.12. The van der Waals surface area contributed by atoms with Gasteiger partial charge in [0.25, 0.3) is 0 Å². The maximum absolute atomic E-state index is 5.66. The van der Waals surface area contributed by atoms with E-state index in [9.17, 15) is 0 Å². The van der Waals surface area contributed by atoms with E-state index in [2.05, 4.69) is 15.2 Å². The summed E-state index contributed by atoms with van der Waals surface area (Å²) in [7, 11) is 5.70. The standard InChI is InChI=1S/C13H22N4O/c1-15-13(14)16-10-11-5-4-6-12(9-11)18-8-7-17(2)3/h4-6,9H,7-8,10H2,1-3H3,(H3,14,15,16). The fraction of sp³-hybridized carbons (Fsp3) is 0.462. The molecule has 5 nitrogen and oxygen atoms in total. The third-order valence-electron chi connectivity index (χ3n) is 2.42.